The van der Waals surface area contributed by atoms with E-state index in [9.17, 15) is 14.7 Å². The van der Waals surface area contributed by atoms with E-state index in [0.29, 0.717) is 5.75 Å². The number of hydrogen-bond donors (Lipinski definition) is 1. The molecule has 1 unspecified atom stereocenters. The standard InChI is InChI=1S/C12H14O4.C4H6O2/c1-2-12(14)16-9-10(13)8-15-11-6-4-3-5-7-11;1-3-4(5)6-2/h2-7,10,13H,1,8-9H2;3H,1H2,2H3. The molecule has 0 saturated heterocycles. The maximum atomic E-state index is 10.7. The topological polar surface area (TPSA) is 82.1 Å². The van der Waals surface area contributed by atoms with E-state index >= 15 is 0 Å². The van der Waals surface area contributed by atoms with E-state index in [-0.39, 0.29) is 13.2 Å². The Labute approximate surface area is 129 Å². The van der Waals surface area contributed by atoms with Crippen molar-refractivity contribution < 1.29 is 28.9 Å². The minimum absolute atomic E-state index is 0.0778. The minimum atomic E-state index is -0.843. The van der Waals surface area contributed by atoms with Gasteiger partial charge in [0.1, 0.15) is 25.1 Å². The number of aliphatic hydroxyl groups excluding tert-OH is 1. The molecule has 0 aromatic heterocycles. The first-order chi connectivity index (χ1) is 10.5. The van der Waals surface area contributed by atoms with E-state index in [1.807, 2.05) is 18.2 Å². The van der Waals surface area contributed by atoms with Crippen LogP contribution in [0.5, 0.6) is 5.75 Å². The Hall–Kier alpha value is -2.60. The van der Waals surface area contributed by atoms with Gasteiger partial charge in [0.25, 0.3) is 0 Å². The smallest absolute Gasteiger partial charge is 0.330 e. The Morgan fingerprint density at radius 3 is 2.18 bits per heavy atom. The Morgan fingerprint density at radius 2 is 1.73 bits per heavy atom. The van der Waals surface area contributed by atoms with Crippen molar-refractivity contribution >= 4 is 11.9 Å². The average molecular weight is 308 g/mol. The maximum absolute atomic E-state index is 10.7. The van der Waals surface area contributed by atoms with Crippen LogP contribution in [-0.2, 0) is 19.1 Å². The van der Waals surface area contributed by atoms with Gasteiger partial charge in [0, 0.05) is 12.2 Å². The summed E-state index contributed by atoms with van der Waals surface area (Å²) in [6.45, 7) is 6.38. The number of esters is 2. The van der Waals surface area contributed by atoms with E-state index in [1.165, 1.54) is 7.11 Å². The van der Waals surface area contributed by atoms with Crippen molar-refractivity contribution in [3.63, 3.8) is 0 Å². The summed E-state index contributed by atoms with van der Waals surface area (Å²) < 4.78 is 14.1. The van der Waals surface area contributed by atoms with Crippen LogP contribution in [-0.4, -0.2) is 43.5 Å². The quantitative estimate of drug-likeness (QED) is 0.607. The largest absolute Gasteiger partial charge is 0.491 e. The number of rotatable bonds is 7. The molecule has 6 nitrogen and oxygen atoms in total. The van der Waals surface area contributed by atoms with Gasteiger partial charge in [0.2, 0.25) is 0 Å². The van der Waals surface area contributed by atoms with E-state index in [2.05, 4.69) is 22.6 Å². The summed E-state index contributed by atoms with van der Waals surface area (Å²) in [6, 6.07) is 9.10. The van der Waals surface area contributed by atoms with Crippen LogP contribution in [0.3, 0.4) is 0 Å². The summed E-state index contributed by atoms with van der Waals surface area (Å²) in [5.74, 6) is -0.287. The second kappa shape index (κ2) is 12.2. The van der Waals surface area contributed by atoms with Crippen LogP contribution in [0.25, 0.3) is 0 Å². The van der Waals surface area contributed by atoms with Gasteiger partial charge in [0.05, 0.1) is 7.11 Å². The normalized spacial score (nSPS) is 10.3. The van der Waals surface area contributed by atoms with Gasteiger partial charge in [-0.3, -0.25) is 0 Å². The van der Waals surface area contributed by atoms with Crippen LogP contribution in [0.1, 0.15) is 0 Å². The summed E-state index contributed by atoms with van der Waals surface area (Å²) in [5, 5.41) is 9.42. The van der Waals surface area contributed by atoms with Crippen molar-refractivity contribution in [1.29, 1.82) is 0 Å². The highest BCUT2D eigenvalue weighted by atomic mass is 16.5. The molecule has 1 N–H and O–H groups in total. The summed E-state index contributed by atoms with van der Waals surface area (Å²) >= 11 is 0. The van der Waals surface area contributed by atoms with Gasteiger partial charge in [-0.25, -0.2) is 9.59 Å². The number of para-hydroxylation sites is 1. The maximum Gasteiger partial charge on any atom is 0.330 e. The number of methoxy groups -OCH3 is 1. The van der Waals surface area contributed by atoms with Crippen LogP contribution in [0.15, 0.2) is 55.6 Å². The molecule has 0 spiro atoms. The molecule has 0 radical (unpaired) electrons. The highest BCUT2D eigenvalue weighted by Gasteiger charge is 2.07. The molecule has 1 atom stereocenters. The van der Waals surface area contributed by atoms with Crippen molar-refractivity contribution in [2.24, 2.45) is 0 Å². The molecule has 0 aliphatic heterocycles. The molecule has 22 heavy (non-hydrogen) atoms. The third kappa shape index (κ3) is 10.2. The first-order valence-electron chi connectivity index (χ1n) is 6.39. The molecular formula is C16H20O6. The van der Waals surface area contributed by atoms with E-state index < -0.39 is 18.0 Å². The molecule has 0 aliphatic rings. The summed E-state index contributed by atoms with van der Waals surface area (Å²) in [5.41, 5.74) is 0. The molecule has 0 amide bonds. The number of carbonyl (C=O) groups excluding carboxylic acids is 2. The van der Waals surface area contributed by atoms with E-state index in [1.54, 1.807) is 12.1 Å². The first-order valence-corrected chi connectivity index (χ1v) is 6.39. The SMILES string of the molecule is C=CC(=O)OC.C=CC(=O)OCC(O)COc1ccccc1. The fourth-order valence-corrected chi connectivity index (χ4v) is 1.08. The van der Waals surface area contributed by atoms with Crippen molar-refractivity contribution in [3.05, 3.63) is 55.6 Å². The van der Waals surface area contributed by atoms with Gasteiger partial charge in [-0.05, 0) is 12.1 Å². The van der Waals surface area contributed by atoms with E-state index in [4.69, 9.17) is 4.74 Å². The second-order valence-corrected chi connectivity index (χ2v) is 3.84. The van der Waals surface area contributed by atoms with Crippen LogP contribution >= 0.6 is 0 Å². The van der Waals surface area contributed by atoms with Gasteiger partial charge < -0.3 is 19.3 Å². The average Bonchev–Trinajstić information content (AvgIpc) is 2.58. The lowest BCUT2D eigenvalue weighted by Gasteiger charge is -2.11. The molecule has 120 valence electrons. The van der Waals surface area contributed by atoms with Crippen LogP contribution in [0.2, 0.25) is 0 Å². The number of hydrogen-bond acceptors (Lipinski definition) is 6. The highest BCUT2D eigenvalue weighted by Crippen LogP contribution is 2.08. The van der Waals surface area contributed by atoms with Gasteiger partial charge in [-0.2, -0.15) is 0 Å². The molecule has 0 aliphatic carbocycles. The van der Waals surface area contributed by atoms with Gasteiger partial charge in [0.15, 0.2) is 0 Å². The first kappa shape index (κ1) is 19.4. The third-order valence-corrected chi connectivity index (χ3v) is 2.14. The van der Waals surface area contributed by atoms with Crippen LogP contribution in [0.4, 0.5) is 0 Å². The number of benzene rings is 1. The zero-order valence-corrected chi connectivity index (χ0v) is 12.4. The van der Waals surface area contributed by atoms with Gasteiger partial charge in [-0.15, -0.1) is 0 Å². The monoisotopic (exact) mass is 308 g/mol. The second-order valence-electron chi connectivity index (χ2n) is 3.84. The Morgan fingerprint density at radius 1 is 1.14 bits per heavy atom. The predicted molar refractivity (Wildman–Crippen MR) is 81.3 cm³/mol. The number of carbonyl (C=O) groups is 2. The molecule has 1 rings (SSSR count). The lowest BCUT2D eigenvalue weighted by molar-refractivity contribution is -0.141. The summed E-state index contributed by atoms with van der Waals surface area (Å²) in [4.78, 5) is 20.5. The van der Waals surface area contributed by atoms with Gasteiger partial charge in [-0.1, -0.05) is 31.4 Å². The Balaban J connectivity index is 0.000000626. The summed E-state index contributed by atoms with van der Waals surface area (Å²) in [7, 11) is 1.31. The molecule has 1 aromatic carbocycles. The highest BCUT2D eigenvalue weighted by molar-refractivity contribution is 5.81. The molecule has 6 heteroatoms. The third-order valence-electron chi connectivity index (χ3n) is 2.14. The number of aliphatic hydroxyl groups is 1. The van der Waals surface area contributed by atoms with Crippen molar-refractivity contribution in [2.45, 2.75) is 6.10 Å². The van der Waals surface area contributed by atoms with E-state index in [0.717, 1.165) is 12.2 Å². The van der Waals surface area contributed by atoms with Gasteiger partial charge >= 0.3 is 11.9 Å². The van der Waals surface area contributed by atoms with Crippen LogP contribution < -0.4 is 4.74 Å². The molecule has 0 saturated carbocycles. The number of ether oxygens (including phenoxy) is 3. The summed E-state index contributed by atoms with van der Waals surface area (Å²) in [6.07, 6.45) is 1.31. The fourth-order valence-electron chi connectivity index (χ4n) is 1.08. The van der Waals surface area contributed by atoms with Crippen LogP contribution in [0, 0.1) is 0 Å². The molecule has 0 fully saturated rings. The zero-order chi connectivity index (χ0) is 16.8. The van der Waals surface area contributed by atoms with Crippen molar-refractivity contribution in [1.82, 2.24) is 0 Å². The predicted octanol–water partition coefficient (Wildman–Crippen LogP) is 1.50. The Bertz CT molecular complexity index is 469. The lowest BCUT2D eigenvalue weighted by Crippen LogP contribution is -2.24. The lowest BCUT2D eigenvalue weighted by atomic mass is 10.3. The fraction of sp³-hybridized carbons (Fsp3) is 0.250. The van der Waals surface area contributed by atoms with Crippen molar-refractivity contribution in [2.75, 3.05) is 20.3 Å². The van der Waals surface area contributed by atoms with Crippen molar-refractivity contribution in [3.8, 4) is 5.75 Å². The zero-order valence-electron chi connectivity index (χ0n) is 12.4. The molecule has 0 heterocycles. The Kier molecular flexibility index (Phi) is 10.7. The molecule has 0 bridgehead atoms. The molecular weight excluding hydrogens is 288 g/mol. The molecule has 1 aromatic rings. The minimum Gasteiger partial charge on any atom is -0.491 e.